The molecule has 3 aromatic carbocycles. The van der Waals surface area contributed by atoms with Gasteiger partial charge in [-0.25, -0.2) is 0 Å². The SMILES string of the molecule is COc1cccc(C(=O)NCC(=O)OCC(=O)Nc2ccc3ccccc3c2)c1. The lowest BCUT2D eigenvalue weighted by Crippen LogP contribution is -2.32. The fourth-order valence-electron chi connectivity index (χ4n) is 2.68. The third kappa shape index (κ3) is 5.55. The number of hydrogen-bond donors (Lipinski definition) is 2. The number of benzene rings is 3. The van der Waals surface area contributed by atoms with Gasteiger partial charge in [0, 0.05) is 11.3 Å². The molecular formula is C22H20N2O5. The number of anilines is 1. The monoisotopic (exact) mass is 392 g/mol. The maximum absolute atomic E-state index is 12.0. The van der Waals surface area contributed by atoms with Crippen LogP contribution in [0.15, 0.2) is 66.7 Å². The molecule has 7 nitrogen and oxygen atoms in total. The summed E-state index contributed by atoms with van der Waals surface area (Å²) in [5, 5.41) is 7.17. The lowest BCUT2D eigenvalue weighted by Gasteiger charge is -2.09. The second-order valence-electron chi connectivity index (χ2n) is 6.19. The van der Waals surface area contributed by atoms with E-state index in [1.165, 1.54) is 7.11 Å². The molecule has 2 amide bonds. The molecule has 2 N–H and O–H groups in total. The van der Waals surface area contributed by atoms with Crippen LogP contribution >= 0.6 is 0 Å². The number of carbonyl (C=O) groups excluding carboxylic acids is 3. The Hall–Kier alpha value is -3.87. The Bertz CT molecular complexity index is 1050. The molecule has 7 heteroatoms. The van der Waals surface area contributed by atoms with Gasteiger partial charge in [-0.3, -0.25) is 14.4 Å². The summed E-state index contributed by atoms with van der Waals surface area (Å²) in [4.78, 5) is 35.8. The first-order valence-electron chi connectivity index (χ1n) is 8.91. The first-order chi connectivity index (χ1) is 14.0. The summed E-state index contributed by atoms with van der Waals surface area (Å²) in [5.74, 6) is -1.09. The molecule has 0 heterocycles. The third-order valence-corrected chi connectivity index (χ3v) is 4.12. The Kier molecular flexibility index (Phi) is 6.42. The zero-order chi connectivity index (χ0) is 20.6. The van der Waals surface area contributed by atoms with Gasteiger partial charge in [0.05, 0.1) is 7.11 Å². The molecule has 0 aliphatic carbocycles. The van der Waals surface area contributed by atoms with Crippen molar-refractivity contribution in [2.45, 2.75) is 0 Å². The van der Waals surface area contributed by atoms with Crippen molar-refractivity contribution in [1.29, 1.82) is 0 Å². The standard InChI is InChI=1S/C22H20N2O5/c1-28-19-8-4-7-17(12-19)22(27)23-13-21(26)29-14-20(25)24-18-10-9-15-5-2-3-6-16(15)11-18/h2-12H,13-14H2,1H3,(H,23,27)(H,24,25). The lowest BCUT2D eigenvalue weighted by atomic mass is 10.1. The van der Waals surface area contributed by atoms with Crippen molar-refractivity contribution in [3.05, 3.63) is 72.3 Å². The maximum atomic E-state index is 12.0. The highest BCUT2D eigenvalue weighted by atomic mass is 16.5. The average Bonchev–Trinajstić information content (AvgIpc) is 2.76. The largest absolute Gasteiger partial charge is 0.497 e. The van der Waals surface area contributed by atoms with E-state index in [-0.39, 0.29) is 6.54 Å². The predicted octanol–water partition coefficient (Wildman–Crippen LogP) is 2.76. The molecular weight excluding hydrogens is 372 g/mol. The van der Waals surface area contributed by atoms with Crippen LogP contribution in [0.5, 0.6) is 5.75 Å². The van der Waals surface area contributed by atoms with Gasteiger partial charge in [-0.1, -0.05) is 36.4 Å². The highest BCUT2D eigenvalue weighted by Gasteiger charge is 2.11. The van der Waals surface area contributed by atoms with E-state index in [2.05, 4.69) is 10.6 Å². The van der Waals surface area contributed by atoms with E-state index < -0.39 is 24.4 Å². The highest BCUT2D eigenvalue weighted by molar-refractivity contribution is 5.97. The van der Waals surface area contributed by atoms with E-state index >= 15 is 0 Å². The molecule has 3 rings (SSSR count). The van der Waals surface area contributed by atoms with Crippen LogP contribution in [0.3, 0.4) is 0 Å². The van der Waals surface area contributed by atoms with Gasteiger partial charge in [-0.05, 0) is 41.1 Å². The smallest absolute Gasteiger partial charge is 0.325 e. The molecule has 3 aromatic rings. The Balaban J connectivity index is 1.44. The van der Waals surface area contributed by atoms with Crippen molar-refractivity contribution in [3.63, 3.8) is 0 Å². The van der Waals surface area contributed by atoms with Crippen LogP contribution in [0.25, 0.3) is 10.8 Å². The fourth-order valence-corrected chi connectivity index (χ4v) is 2.68. The van der Waals surface area contributed by atoms with Crippen LogP contribution < -0.4 is 15.4 Å². The zero-order valence-electron chi connectivity index (χ0n) is 15.8. The number of rotatable bonds is 7. The summed E-state index contributed by atoms with van der Waals surface area (Å²) in [6.07, 6.45) is 0. The molecule has 0 aliphatic heterocycles. The number of fused-ring (bicyclic) bond motifs is 1. The molecule has 0 spiro atoms. The second kappa shape index (κ2) is 9.36. The maximum Gasteiger partial charge on any atom is 0.325 e. The summed E-state index contributed by atoms with van der Waals surface area (Å²) in [5.41, 5.74) is 0.960. The number of carbonyl (C=O) groups is 3. The predicted molar refractivity (Wildman–Crippen MR) is 109 cm³/mol. The summed E-state index contributed by atoms with van der Waals surface area (Å²) in [7, 11) is 1.50. The minimum Gasteiger partial charge on any atom is -0.497 e. The van der Waals surface area contributed by atoms with E-state index in [0.717, 1.165) is 10.8 Å². The summed E-state index contributed by atoms with van der Waals surface area (Å²) >= 11 is 0. The number of amides is 2. The number of ether oxygens (including phenoxy) is 2. The van der Waals surface area contributed by atoms with E-state index in [9.17, 15) is 14.4 Å². The van der Waals surface area contributed by atoms with Gasteiger partial charge in [0.25, 0.3) is 11.8 Å². The molecule has 0 bridgehead atoms. The molecule has 0 aliphatic rings. The first kappa shape index (κ1) is 19.9. The molecule has 0 saturated heterocycles. The van der Waals surface area contributed by atoms with E-state index in [0.29, 0.717) is 17.0 Å². The van der Waals surface area contributed by atoms with Crippen LogP contribution in [0.2, 0.25) is 0 Å². The number of esters is 1. The number of hydrogen-bond acceptors (Lipinski definition) is 5. The van der Waals surface area contributed by atoms with Crippen LogP contribution in [0.1, 0.15) is 10.4 Å². The molecule has 29 heavy (non-hydrogen) atoms. The van der Waals surface area contributed by atoms with Crippen LogP contribution in [-0.2, 0) is 14.3 Å². The normalized spacial score (nSPS) is 10.2. The molecule has 0 unspecified atom stereocenters. The Morgan fingerprint density at radius 1 is 0.897 bits per heavy atom. The van der Waals surface area contributed by atoms with Crippen molar-refractivity contribution in [2.24, 2.45) is 0 Å². The van der Waals surface area contributed by atoms with E-state index in [1.807, 2.05) is 36.4 Å². The third-order valence-electron chi connectivity index (χ3n) is 4.12. The molecule has 0 aromatic heterocycles. The molecule has 0 atom stereocenters. The molecule has 0 saturated carbocycles. The topological polar surface area (TPSA) is 93.7 Å². The number of nitrogens with one attached hydrogen (secondary N) is 2. The average molecular weight is 392 g/mol. The zero-order valence-corrected chi connectivity index (χ0v) is 15.8. The number of methoxy groups -OCH3 is 1. The van der Waals surface area contributed by atoms with Gasteiger partial charge < -0.3 is 20.1 Å². The Labute approximate surface area is 167 Å². The van der Waals surface area contributed by atoms with Gasteiger partial charge >= 0.3 is 5.97 Å². The first-order valence-corrected chi connectivity index (χ1v) is 8.91. The van der Waals surface area contributed by atoms with Crippen molar-refractivity contribution >= 4 is 34.2 Å². The van der Waals surface area contributed by atoms with Gasteiger partial charge in [0.15, 0.2) is 6.61 Å². The van der Waals surface area contributed by atoms with Crippen molar-refractivity contribution < 1.29 is 23.9 Å². The van der Waals surface area contributed by atoms with Crippen molar-refractivity contribution in [1.82, 2.24) is 5.32 Å². The second-order valence-corrected chi connectivity index (χ2v) is 6.19. The molecule has 0 fully saturated rings. The van der Waals surface area contributed by atoms with Crippen LogP contribution in [0.4, 0.5) is 5.69 Å². The Morgan fingerprint density at radius 3 is 2.48 bits per heavy atom. The highest BCUT2D eigenvalue weighted by Crippen LogP contribution is 2.18. The molecule has 0 radical (unpaired) electrons. The van der Waals surface area contributed by atoms with Gasteiger partial charge in [0.2, 0.25) is 0 Å². The summed E-state index contributed by atoms with van der Waals surface area (Å²) in [6, 6.07) is 19.8. The van der Waals surface area contributed by atoms with Crippen LogP contribution in [-0.4, -0.2) is 38.0 Å². The van der Waals surface area contributed by atoms with Crippen LogP contribution in [0, 0.1) is 0 Å². The molecule has 148 valence electrons. The van der Waals surface area contributed by atoms with Gasteiger partial charge in [-0.2, -0.15) is 0 Å². The quantitative estimate of drug-likeness (QED) is 0.603. The minimum atomic E-state index is -0.713. The minimum absolute atomic E-state index is 0.348. The fraction of sp³-hybridized carbons (Fsp3) is 0.136. The van der Waals surface area contributed by atoms with Crippen molar-refractivity contribution in [2.75, 3.05) is 25.6 Å². The summed E-state index contributed by atoms with van der Waals surface area (Å²) in [6.45, 7) is -0.792. The van der Waals surface area contributed by atoms with Gasteiger partial charge in [-0.15, -0.1) is 0 Å². The van der Waals surface area contributed by atoms with E-state index in [4.69, 9.17) is 9.47 Å². The van der Waals surface area contributed by atoms with Crippen molar-refractivity contribution in [3.8, 4) is 5.75 Å². The Morgan fingerprint density at radius 2 is 1.69 bits per heavy atom. The lowest BCUT2D eigenvalue weighted by molar-refractivity contribution is -0.146. The van der Waals surface area contributed by atoms with E-state index in [1.54, 1.807) is 30.3 Å². The van der Waals surface area contributed by atoms with Gasteiger partial charge in [0.1, 0.15) is 12.3 Å². The summed E-state index contributed by atoms with van der Waals surface area (Å²) < 4.78 is 9.96.